The van der Waals surface area contributed by atoms with E-state index in [-0.39, 0.29) is 19.1 Å². The van der Waals surface area contributed by atoms with Crippen LogP contribution < -0.4 is 5.32 Å². The zero-order valence-electron chi connectivity index (χ0n) is 9.80. The van der Waals surface area contributed by atoms with Crippen LogP contribution in [0.4, 0.5) is 5.69 Å². The Labute approximate surface area is 109 Å². The fraction of sp³-hybridized carbons (Fsp3) is 0.333. The summed E-state index contributed by atoms with van der Waals surface area (Å²) in [5.41, 5.74) is 0.695. The third-order valence-corrected chi connectivity index (χ3v) is 3.86. The Morgan fingerprint density at radius 2 is 1.94 bits per heavy atom. The molecule has 0 aromatic heterocycles. The van der Waals surface area contributed by atoms with Crippen LogP contribution in [0, 0.1) is 0 Å². The number of carbonyl (C=O) groups excluding carboxylic acids is 1. The van der Waals surface area contributed by atoms with Crippen molar-refractivity contribution in [3.63, 3.8) is 0 Å². The Morgan fingerprint density at radius 1 is 1.33 bits per heavy atom. The number of rotatable bonds is 4. The van der Waals surface area contributed by atoms with E-state index < -0.39 is 10.7 Å². The largest absolute Gasteiger partial charge is 0.480 e. The number of carboxylic acids is 1. The zero-order chi connectivity index (χ0) is 13.2. The van der Waals surface area contributed by atoms with Gasteiger partial charge in [0, 0.05) is 17.5 Å². The molecule has 1 amide bonds. The van der Waals surface area contributed by atoms with Crippen LogP contribution in [0.1, 0.15) is 6.92 Å². The second-order valence-corrected chi connectivity index (χ2v) is 5.56. The molecule has 5 nitrogen and oxygen atoms in total. The Balaban J connectivity index is 2.06. The standard InChI is InChI=1S/C12H13NO4S/c1-8(14)13-9-2-4-10(5-3-9)18-12(11(15)16)6-17-7-12/h2-5H,6-7H2,1H3,(H,13,14)(H,15,16). The van der Waals surface area contributed by atoms with E-state index in [1.807, 2.05) is 0 Å². The molecule has 0 bridgehead atoms. The average molecular weight is 267 g/mol. The summed E-state index contributed by atoms with van der Waals surface area (Å²) >= 11 is 1.28. The predicted octanol–water partition coefficient (Wildman–Crippen LogP) is 1.59. The van der Waals surface area contributed by atoms with E-state index in [0.717, 1.165) is 4.90 Å². The first kappa shape index (κ1) is 12.9. The number of nitrogens with one attached hydrogen (secondary N) is 1. The molecule has 1 fully saturated rings. The van der Waals surface area contributed by atoms with Gasteiger partial charge in [0.25, 0.3) is 0 Å². The van der Waals surface area contributed by atoms with E-state index in [1.165, 1.54) is 18.7 Å². The van der Waals surface area contributed by atoms with Crippen molar-refractivity contribution in [1.29, 1.82) is 0 Å². The number of ether oxygens (including phenoxy) is 1. The van der Waals surface area contributed by atoms with E-state index >= 15 is 0 Å². The van der Waals surface area contributed by atoms with Crippen LogP contribution in [0.25, 0.3) is 0 Å². The summed E-state index contributed by atoms with van der Waals surface area (Å²) in [6, 6.07) is 7.08. The van der Waals surface area contributed by atoms with Crippen LogP contribution in [0.15, 0.2) is 29.2 Å². The number of benzene rings is 1. The van der Waals surface area contributed by atoms with Crippen LogP contribution in [0.2, 0.25) is 0 Å². The number of amides is 1. The van der Waals surface area contributed by atoms with Gasteiger partial charge in [-0.2, -0.15) is 0 Å². The molecule has 1 aliphatic heterocycles. The fourth-order valence-corrected chi connectivity index (χ4v) is 2.64. The first-order chi connectivity index (χ1) is 8.52. The third kappa shape index (κ3) is 2.65. The Bertz CT molecular complexity index is 467. The summed E-state index contributed by atoms with van der Waals surface area (Å²) in [7, 11) is 0. The van der Waals surface area contributed by atoms with Gasteiger partial charge in [-0.25, -0.2) is 0 Å². The van der Waals surface area contributed by atoms with Gasteiger partial charge < -0.3 is 15.2 Å². The number of hydrogen-bond donors (Lipinski definition) is 2. The monoisotopic (exact) mass is 267 g/mol. The number of anilines is 1. The predicted molar refractivity (Wildman–Crippen MR) is 67.8 cm³/mol. The minimum absolute atomic E-state index is 0.134. The highest BCUT2D eigenvalue weighted by Gasteiger charge is 2.47. The Hall–Kier alpha value is -1.53. The molecule has 18 heavy (non-hydrogen) atoms. The molecule has 2 rings (SSSR count). The summed E-state index contributed by atoms with van der Waals surface area (Å²) in [5, 5.41) is 11.8. The highest BCUT2D eigenvalue weighted by atomic mass is 32.2. The minimum Gasteiger partial charge on any atom is -0.480 e. The van der Waals surface area contributed by atoms with Crippen molar-refractivity contribution in [1.82, 2.24) is 0 Å². The van der Waals surface area contributed by atoms with Crippen LogP contribution in [0.5, 0.6) is 0 Å². The van der Waals surface area contributed by atoms with Crippen molar-refractivity contribution < 1.29 is 19.4 Å². The number of aliphatic carboxylic acids is 1. The lowest BCUT2D eigenvalue weighted by Gasteiger charge is -2.36. The summed E-state index contributed by atoms with van der Waals surface area (Å²) in [6.07, 6.45) is 0. The van der Waals surface area contributed by atoms with Crippen molar-refractivity contribution in [2.24, 2.45) is 0 Å². The molecule has 2 N–H and O–H groups in total. The van der Waals surface area contributed by atoms with Gasteiger partial charge in [-0.1, -0.05) is 0 Å². The zero-order valence-corrected chi connectivity index (χ0v) is 10.6. The van der Waals surface area contributed by atoms with Crippen LogP contribution in [-0.2, 0) is 14.3 Å². The number of carbonyl (C=O) groups is 2. The molecule has 0 atom stereocenters. The Kier molecular flexibility index (Phi) is 3.58. The molecule has 1 heterocycles. The first-order valence-electron chi connectivity index (χ1n) is 5.40. The van der Waals surface area contributed by atoms with Gasteiger partial charge in [0.2, 0.25) is 5.91 Å². The van der Waals surface area contributed by atoms with Crippen LogP contribution in [-0.4, -0.2) is 34.9 Å². The molecule has 96 valence electrons. The molecule has 0 unspecified atom stereocenters. The average Bonchev–Trinajstić information content (AvgIpc) is 2.24. The molecule has 6 heteroatoms. The van der Waals surface area contributed by atoms with Gasteiger partial charge in [0.15, 0.2) is 4.75 Å². The van der Waals surface area contributed by atoms with Gasteiger partial charge in [-0.3, -0.25) is 9.59 Å². The maximum absolute atomic E-state index is 11.2. The number of carboxylic acid groups (broad SMARTS) is 1. The quantitative estimate of drug-likeness (QED) is 0.866. The van der Waals surface area contributed by atoms with Crippen molar-refractivity contribution in [2.45, 2.75) is 16.6 Å². The van der Waals surface area contributed by atoms with E-state index in [2.05, 4.69) is 5.32 Å². The highest BCUT2D eigenvalue weighted by Crippen LogP contribution is 2.39. The molecular formula is C12H13NO4S. The van der Waals surface area contributed by atoms with E-state index in [0.29, 0.717) is 5.69 Å². The second-order valence-electron chi connectivity index (χ2n) is 4.10. The number of thioether (sulfide) groups is 1. The van der Waals surface area contributed by atoms with Crippen molar-refractivity contribution >= 4 is 29.3 Å². The summed E-state index contributed by atoms with van der Waals surface area (Å²) < 4.78 is 4.12. The molecule has 0 radical (unpaired) electrons. The third-order valence-electron chi connectivity index (χ3n) is 2.55. The van der Waals surface area contributed by atoms with Gasteiger partial charge in [0.05, 0.1) is 13.2 Å². The second kappa shape index (κ2) is 4.99. The molecule has 1 aromatic carbocycles. The lowest BCUT2D eigenvalue weighted by Crippen LogP contribution is -2.53. The molecule has 1 saturated heterocycles. The molecule has 1 aliphatic rings. The van der Waals surface area contributed by atoms with Gasteiger partial charge in [0.1, 0.15) is 0 Å². The van der Waals surface area contributed by atoms with Crippen LogP contribution in [0.3, 0.4) is 0 Å². The SMILES string of the molecule is CC(=O)Nc1ccc(SC2(C(=O)O)COC2)cc1. The van der Waals surface area contributed by atoms with Crippen molar-refractivity contribution in [3.05, 3.63) is 24.3 Å². The molecular weight excluding hydrogens is 254 g/mol. The summed E-state index contributed by atoms with van der Waals surface area (Å²) in [6.45, 7) is 1.88. The van der Waals surface area contributed by atoms with E-state index in [9.17, 15) is 9.59 Å². The van der Waals surface area contributed by atoms with Crippen molar-refractivity contribution in [3.8, 4) is 0 Å². The van der Waals surface area contributed by atoms with E-state index in [1.54, 1.807) is 24.3 Å². The molecule has 0 spiro atoms. The fourth-order valence-electron chi connectivity index (χ4n) is 1.55. The van der Waals surface area contributed by atoms with Crippen molar-refractivity contribution in [2.75, 3.05) is 18.5 Å². The lowest BCUT2D eigenvalue weighted by molar-refractivity contribution is -0.151. The number of hydrogen-bond acceptors (Lipinski definition) is 4. The molecule has 0 aliphatic carbocycles. The van der Waals surface area contributed by atoms with Crippen LogP contribution >= 0.6 is 11.8 Å². The Morgan fingerprint density at radius 3 is 2.33 bits per heavy atom. The minimum atomic E-state index is -0.866. The lowest BCUT2D eigenvalue weighted by atomic mass is 10.1. The first-order valence-corrected chi connectivity index (χ1v) is 6.21. The highest BCUT2D eigenvalue weighted by molar-refractivity contribution is 8.01. The van der Waals surface area contributed by atoms with Gasteiger partial charge in [-0.15, -0.1) is 11.8 Å². The van der Waals surface area contributed by atoms with E-state index in [4.69, 9.17) is 9.84 Å². The summed E-state index contributed by atoms with van der Waals surface area (Å²) in [5.74, 6) is -0.991. The van der Waals surface area contributed by atoms with Gasteiger partial charge >= 0.3 is 5.97 Å². The maximum atomic E-state index is 11.2. The summed E-state index contributed by atoms with van der Waals surface area (Å²) in [4.78, 5) is 22.9. The maximum Gasteiger partial charge on any atom is 0.324 e. The normalized spacial score (nSPS) is 16.7. The smallest absolute Gasteiger partial charge is 0.324 e. The topological polar surface area (TPSA) is 75.6 Å². The molecule has 0 saturated carbocycles. The molecule has 1 aromatic rings. The van der Waals surface area contributed by atoms with Gasteiger partial charge in [-0.05, 0) is 24.3 Å².